The molecule has 5 rings (SSSR count). The van der Waals surface area contributed by atoms with E-state index in [1.165, 1.54) is 0 Å². The molecule has 2 aromatic heterocycles. The van der Waals surface area contributed by atoms with Crippen molar-refractivity contribution in [2.75, 3.05) is 12.3 Å². The fourth-order valence-electron chi connectivity index (χ4n) is 6.65. The number of H-pyrrole nitrogens is 1. The number of hydrogen-bond acceptors (Lipinski definition) is 8. The Labute approximate surface area is 214 Å². The van der Waals surface area contributed by atoms with Gasteiger partial charge in [0.15, 0.2) is 11.2 Å². The second-order valence-electron chi connectivity index (χ2n) is 11.0. The Hall–Kier alpha value is -3.50. The fraction of sp³-hybridized carbons (Fsp3) is 0.481. The maximum atomic E-state index is 12.7. The number of anilines is 1. The summed E-state index contributed by atoms with van der Waals surface area (Å²) in [5.41, 5.74) is 6.38. The van der Waals surface area contributed by atoms with Crippen LogP contribution < -0.4 is 11.3 Å². The number of nitrogens with zero attached hydrogens (tertiary/aromatic N) is 3. The minimum Gasteiger partial charge on any atom is -0.423 e. The number of aromatic amines is 1. The van der Waals surface area contributed by atoms with Crippen molar-refractivity contribution in [1.82, 2.24) is 19.5 Å². The Balaban J connectivity index is 1.44. The van der Waals surface area contributed by atoms with Gasteiger partial charge in [-0.15, -0.1) is 0 Å². The predicted octanol–water partition coefficient (Wildman–Crippen LogP) is 2.36. The minimum absolute atomic E-state index is 0.00514. The fourth-order valence-corrected chi connectivity index (χ4v) is 6.65. The van der Waals surface area contributed by atoms with E-state index >= 15 is 0 Å². The van der Waals surface area contributed by atoms with Gasteiger partial charge in [0.2, 0.25) is 5.95 Å². The minimum atomic E-state index is -0.575. The van der Waals surface area contributed by atoms with E-state index in [4.69, 9.17) is 10.5 Å². The number of allylic oxidation sites excluding steroid dienone is 3. The molecule has 0 saturated heterocycles. The largest absolute Gasteiger partial charge is 0.423 e. The molecule has 196 valence electrons. The molecular weight excluding hydrogens is 474 g/mol. The van der Waals surface area contributed by atoms with Gasteiger partial charge < -0.3 is 25.3 Å². The number of imidazole rings is 1. The van der Waals surface area contributed by atoms with Crippen LogP contribution in [0.4, 0.5) is 5.95 Å². The second-order valence-corrected chi connectivity index (χ2v) is 11.0. The predicted molar refractivity (Wildman–Crippen MR) is 139 cm³/mol. The van der Waals surface area contributed by atoms with E-state index in [0.29, 0.717) is 29.2 Å². The number of nitrogens with two attached hydrogens (primary N) is 1. The van der Waals surface area contributed by atoms with E-state index in [1.54, 1.807) is 29.8 Å². The van der Waals surface area contributed by atoms with E-state index < -0.39 is 23.0 Å². The van der Waals surface area contributed by atoms with E-state index in [9.17, 15) is 19.8 Å². The molecule has 2 unspecified atom stereocenters. The van der Waals surface area contributed by atoms with Gasteiger partial charge in [0.1, 0.15) is 11.6 Å². The smallest absolute Gasteiger partial charge is 0.343 e. The first-order chi connectivity index (χ1) is 17.5. The van der Waals surface area contributed by atoms with Crippen LogP contribution in [0, 0.1) is 22.7 Å². The average Bonchev–Trinajstić information content (AvgIpc) is 3.35. The monoisotopic (exact) mass is 507 g/mol. The zero-order valence-electron chi connectivity index (χ0n) is 21.3. The first-order valence-electron chi connectivity index (χ1n) is 12.5. The van der Waals surface area contributed by atoms with Gasteiger partial charge in [0.25, 0.3) is 5.56 Å². The number of carbonyl (C=O) groups is 1. The summed E-state index contributed by atoms with van der Waals surface area (Å²) in [5.74, 6) is 0.317. The molecule has 2 aromatic rings. The molecule has 0 aromatic carbocycles. The quantitative estimate of drug-likeness (QED) is 0.363. The zero-order valence-corrected chi connectivity index (χ0v) is 21.3. The van der Waals surface area contributed by atoms with Crippen LogP contribution in [-0.2, 0) is 16.6 Å². The Morgan fingerprint density at radius 1 is 1.32 bits per heavy atom. The molecule has 10 nitrogen and oxygen atoms in total. The van der Waals surface area contributed by atoms with Gasteiger partial charge in [-0.2, -0.15) is 4.98 Å². The van der Waals surface area contributed by atoms with Gasteiger partial charge >= 0.3 is 5.97 Å². The maximum absolute atomic E-state index is 12.7. The zero-order chi connectivity index (χ0) is 26.7. The van der Waals surface area contributed by atoms with E-state index in [0.717, 1.165) is 24.8 Å². The average molecular weight is 508 g/mol. The van der Waals surface area contributed by atoms with Crippen molar-refractivity contribution in [2.45, 2.75) is 45.6 Å². The van der Waals surface area contributed by atoms with Gasteiger partial charge in [-0.05, 0) is 43.1 Å². The van der Waals surface area contributed by atoms with Crippen molar-refractivity contribution in [3.63, 3.8) is 0 Å². The van der Waals surface area contributed by atoms with Crippen LogP contribution in [0.15, 0.2) is 46.5 Å². The summed E-state index contributed by atoms with van der Waals surface area (Å²) in [4.78, 5) is 35.7. The highest BCUT2D eigenvalue weighted by atomic mass is 16.5. The van der Waals surface area contributed by atoms with Crippen LogP contribution in [-0.4, -0.2) is 48.4 Å². The third-order valence-electron chi connectivity index (χ3n) is 8.82. The first kappa shape index (κ1) is 25.2. The first-order valence-corrected chi connectivity index (χ1v) is 12.5. The van der Waals surface area contributed by atoms with Crippen molar-refractivity contribution >= 4 is 29.2 Å². The highest BCUT2D eigenvalue weighted by Crippen LogP contribution is 2.61. The number of aliphatic hydroxyl groups excluding tert-OH is 2. The van der Waals surface area contributed by atoms with Crippen molar-refractivity contribution in [2.24, 2.45) is 29.7 Å². The number of aromatic nitrogens is 4. The van der Waals surface area contributed by atoms with Crippen molar-refractivity contribution < 1.29 is 19.7 Å². The van der Waals surface area contributed by atoms with Crippen LogP contribution in [0.3, 0.4) is 0 Å². The topological polar surface area (TPSA) is 156 Å². The number of ether oxygens (including phenoxy) is 1. The SMILES string of the molecule is C=C1CCC2[C@](C)(CC[C@@H](O)[C@@]2(C)CO)C1/C=C/C1=CC(=C\c2nc3c(=O)[nH]c(N)nc3n2C)/OC1=O. The van der Waals surface area contributed by atoms with Gasteiger partial charge in [-0.25, -0.2) is 9.78 Å². The lowest BCUT2D eigenvalue weighted by atomic mass is 9.46. The van der Waals surface area contributed by atoms with E-state index in [-0.39, 0.29) is 35.3 Å². The molecule has 0 bridgehead atoms. The standard InChI is InChI=1S/C27H33N5O5/c1-14-5-8-18-26(2,10-9-19(34)27(18,3)13-33)17(14)7-6-15-11-16(37-24(15)36)12-20-29-21-22(32(20)4)30-25(28)31-23(21)35/h6-7,11-12,17-19,33-34H,1,5,8-10,13H2,2-4H3,(H3,28,30,31,35)/b7-6+,16-12+/t17?,18?,19-,26-,27+/m1/s1. The molecule has 5 atom stereocenters. The number of carbonyl (C=O) groups excluding carboxylic acids is 1. The lowest BCUT2D eigenvalue weighted by Crippen LogP contribution is -2.57. The molecular formula is C27H33N5O5. The molecule has 10 heteroatoms. The molecule has 5 N–H and O–H groups in total. The molecule has 3 heterocycles. The summed E-state index contributed by atoms with van der Waals surface area (Å²) in [6, 6.07) is 0. The number of hydrogen-bond donors (Lipinski definition) is 4. The molecule has 2 saturated carbocycles. The van der Waals surface area contributed by atoms with Crippen LogP contribution >= 0.6 is 0 Å². The van der Waals surface area contributed by atoms with Gasteiger partial charge in [0, 0.05) is 24.5 Å². The number of rotatable bonds is 4. The summed E-state index contributed by atoms with van der Waals surface area (Å²) >= 11 is 0. The number of aliphatic hydroxyl groups is 2. The van der Waals surface area contributed by atoms with E-state index in [1.807, 2.05) is 13.0 Å². The molecule has 2 aliphatic carbocycles. The molecule has 0 spiro atoms. The Morgan fingerprint density at radius 2 is 2.08 bits per heavy atom. The highest BCUT2D eigenvalue weighted by molar-refractivity contribution is 5.96. The Bertz CT molecular complexity index is 1450. The van der Waals surface area contributed by atoms with Crippen molar-refractivity contribution in [3.05, 3.63) is 57.9 Å². The van der Waals surface area contributed by atoms with Crippen molar-refractivity contribution in [1.29, 1.82) is 0 Å². The molecule has 3 aliphatic rings. The number of esters is 1. The molecule has 0 amide bonds. The lowest BCUT2D eigenvalue weighted by Gasteiger charge is -2.59. The lowest BCUT2D eigenvalue weighted by molar-refractivity contribution is -0.145. The van der Waals surface area contributed by atoms with E-state index in [2.05, 4.69) is 28.5 Å². The normalized spacial score (nSPS) is 33.3. The van der Waals surface area contributed by atoms with Crippen LogP contribution in [0.2, 0.25) is 0 Å². The summed E-state index contributed by atoms with van der Waals surface area (Å²) in [6.45, 7) is 8.44. The molecule has 37 heavy (non-hydrogen) atoms. The summed E-state index contributed by atoms with van der Waals surface area (Å²) in [6.07, 6.45) is 9.54. The second kappa shape index (κ2) is 8.81. The Morgan fingerprint density at radius 3 is 2.81 bits per heavy atom. The van der Waals surface area contributed by atoms with Crippen molar-refractivity contribution in [3.8, 4) is 0 Å². The van der Waals surface area contributed by atoms with Gasteiger partial charge in [-0.3, -0.25) is 9.78 Å². The number of fused-ring (bicyclic) bond motifs is 2. The number of cyclic esters (lactones) is 1. The Kier molecular flexibility index (Phi) is 5.99. The van der Waals surface area contributed by atoms with Gasteiger partial charge in [0.05, 0.1) is 18.3 Å². The van der Waals surface area contributed by atoms with Crippen LogP contribution in [0.5, 0.6) is 0 Å². The third kappa shape index (κ3) is 3.95. The molecule has 0 radical (unpaired) electrons. The van der Waals surface area contributed by atoms with Gasteiger partial charge in [-0.1, -0.05) is 38.2 Å². The summed E-state index contributed by atoms with van der Waals surface area (Å²) in [5, 5.41) is 20.9. The van der Waals surface area contributed by atoms with Crippen LogP contribution in [0.1, 0.15) is 45.4 Å². The summed E-state index contributed by atoms with van der Waals surface area (Å²) in [7, 11) is 1.70. The number of nitrogen functional groups attached to an aromatic ring is 1. The summed E-state index contributed by atoms with van der Waals surface area (Å²) < 4.78 is 7.05. The molecule has 1 aliphatic heterocycles. The number of nitrogens with one attached hydrogen (secondary N) is 1. The maximum Gasteiger partial charge on any atom is 0.343 e. The third-order valence-corrected chi connectivity index (χ3v) is 8.82. The molecule has 2 fully saturated rings. The highest BCUT2D eigenvalue weighted by Gasteiger charge is 2.57. The number of aryl methyl sites for hydroxylation is 1. The van der Waals surface area contributed by atoms with Crippen LogP contribution in [0.25, 0.3) is 17.2 Å².